The highest BCUT2D eigenvalue weighted by Gasteiger charge is 2.31. The zero-order valence-electron chi connectivity index (χ0n) is 16.9. The fourth-order valence-electron chi connectivity index (χ4n) is 4.31. The van der Waals surface area contributed by atoms with Crippen molar-refractivity contribution in [1.29, 1.82) is 0 Å². The molecule has 0 aromatic carbocycles. The molecule has 5 N–H and O–H groups in total. The lowest BCUT2D eigenvalue weighted by Crippen LogP contribution is -2.38. The lowest BCUT2D eigenvalue weighted by Gasteiger charge is -2.34. The van der Waals surface area contributed by atoms with Crippen molar-refractivity contribution < 1.29 is 14.6 Å². The molecule has 28 heavy (non-hydrogen) atoms. The van der Waals surface area contributed by atoms with Gasteiger partial charge in [0.1, 0.15) is 5.82 Å². The second kappa shape index (κ2) is 9.05. The van der Waals surface area contributed by atoms with Gasteiger partial charge < -0.3 is 26.2 Å². The van der Waals surface area contributed by atoms with Crippen molar-refractivity contribution >= 4 is 17.7 Å². The third-order valence-electron chi connectivity index (χ3n) is 5.76. The Labute approximate surface area is 166 Å². The number of aromatic nitrogens is 2. The molecule has 1 aromatic heterocycles. The van der Waals surface area contributed by atoms with E-state index in [0.29, 0.717) is 30.3 Å². The van der Waals surface area contributed by atoms with Gasteiger partial charge in [0, 0.05) is 24.9 Å². The van der Waals surface area contributed by atoms with Crippen LogP contribution in [0.1, 0.15) is 75.6 Å². The van der Waals surface area contributed by atoms with Crippen LogP contribution >= 0.6 is 0 Å². The molecule has 0 aliphatic heterocycles. The van der Waals surface area contributed by atoms with Gasteiger partial charge in [0.15, 0.2) is 0 Å². The van der Waals surface area contributed by atoms with Gasteiger partial charge >= 0.3 is 0 Å². The summed E-state index contributed by atoms with van der Waals surface area (Å²) in [6.45, 7) is 4.63. The van der Waals surface area contributed by atoms with Crippen molar-refractivity contribution in [1.82, 2.24) is 9.97 Å². The molecule has 0 radical (unpaired) electrons. The molecule has 156 valence electrons. The monoisotopic (exact) mass is 391 g/mol. The molecule has 3 rings (SSSR count). The third-order valence-corrected chi connectivity index (χ3v) is 5.76. The average molecular weight is 392 g/mol. The Morgan fingerprint density at radius 1 is 1.29 bits per heavy atom. The second-order valence-corrected chi connectivity index (χ2v) is 8.33. The number of amides is 1. The predicted octanol–water partition coefficient (Wildman–Crippen LogP) is 2.44. The van der Waals surface area contributed by atoms with E-state index in [0.717, 1.165) is 51.6 Å². The van der Waals surface area contributed by atoms with Gasteiger partial charge in [-0.05, 0) is 65.2 Å². The number of nitrogens with one attached hydrogen (secondary N) is 2. The van der Waals surface area contributed by atoms with Gasteiger partial charge in [-0.15, -0.1) is 0 Å². The van der Waals surface area contributed by atoms with Crippen molar-refractivity contribution in [3.8, 4) is 0 Å². The summed E-state index contributed by atoms with van der Waals surface area (Å²) in [6.07, 6.45) is 9.11. The minimum atomic E-state index is -0.698. The van der Waals surface area contributed by atoms with E-state index in [1.54, 1.807) is 0 Å². The van der Waals surface area contributed by atoms with Crippen LogP contribution in [0.3, 0.4) is 0 Å². The number of rotatable bonds is 7. The van der Waals surface area contributed by atoms with Crippen LogP contribution in [0.25, 0.3) is 0 Å². The van der Waals surface area contributed by atoms with E-state index in [1.165, 1.54) is 6.20 Å². The van der Waals surface area contributed by atoms with E-state index in [4.69, 9.17) is 10.5 Å². The molecule has 8 nitrogen and oxygen atoms in total. The summed E-state index contributed by atoms with van der Waals surface area (Å²) in [7, 11) is 0. The zero-order valence-corrected chi connectivity index (χ0v) is 16.9. The normalized spacial score (nSPS) is 30.6. The first kappa shape index (κ1) is 20.8. The first-order valence-corrected chi connectivity index (χ1v) is 10.4. The number of hydrogen-bond donors (Lipinski definition) is 4. The SMILES string of the molecule is CCO[C@H]1CC[C@H](Nc2ncc(C(N)=O)c(NC3CCC[C@](C)(O)C3)n2)CC1. The number of carbonyl (C=O) groups excluding carboxylic acids is 1. The summed E-state index contributed by atoms with van der Waals surface area (Å²) in [5.74, 6) is 0.375. The highest BCUT2D eigenvalue weighted by Crippen LogP contribution is 2.30. The molecule has 1 unspecified atom stereocenters. The summed E-state index contributed by atoms with van der Waals surface area (Å²) in [6, 6.07) is 0.339. The highest BCUT2D eigenvalue weighted by molar-refractivity contribution is 5.97. The van der Waals surface area contributed by atoms with Crippen molar-refractivity contribution in [2.75, 3.05) is 17.2 Å². The maximum Gasteiger partial charge on any atom is 0.254 e. The van der Waals surface area contributed by atoms with Gasteiger partial charge in [0.2, 0.25) is 5.95 Å². The van der Waals surface area contributed by atoms with Crippen LogP contribution in [0, 0.1) is 0 Å². The first-order chi connectivity index (χ1) is 13.4. The van der Waals surface area contributed by atoms with Crippen molar-refractivity contribution in [2.24, 2.45) is 5.73 Å². The van der Waals surface area contributed by atoms with Gasteiger partial charge in [-0.25, -0.2) is 4.98 Å². The molecule has 1 aromatic rings. The van der Waals surface area contributed by atoms with E-state index in [9.17, 15) is 9.90 Å². The fraction of sp³-hybridized carbons (Fsp3) is 0.750. The van der Waals surface area contributed by atoms with Gasteiger partial charge in [0.05, 0.1) is 17.3 Å². The predicted molar refractivity (Wildman–Crippen MR) is 108 cm³/mol. The van der Waals surface area contributed by atoms with E-state index in [1.807, 2.05) is 13.8 Å². The van der Waals surface area contributed by atoms with Crippen molar-refractivity contribution in [2.45, 2.75) is 89.0 Å². The Balaban J connectivity index is 1.67. The fourth-order valence-corrected chi connectivity index (χ4v) is 4.31. The van der Waals surface area contributed by atoms with Crippen LogP contribution in [-0.4, -0.2) is 51.4 Å². The summed E-state index contributed by atoms with van der Waals surface area (Å²) in [4.78, 5) is 20.6. The largest absolute Gasteiger partial charge is 0.390 e. The molecular weight excluding hydrogens is 358 g/mol. The summed E-state index contributed by atoms with van der Waals surface area (Å²) < 4.78 is 5.70. The number of hydrogen-bond acceptors (Lipinski definition) is 7. The van der Waals surface area contributed by atoms with Crippen LogP contribution in [0.4, 0.5) is 11.8 Å². The van der Waals surface area contributed by atoms with Crippen molar-refractivity contribution in [3.05, 3.63) is 11.8 Å². The van der Waals surface area contributed by atoms with Crippen LogP contribution in [-0.2, 0) is 4.74 Å². The first-order valence-electron chi connectivity index (χ1n) is 10.4. The van der Waals surface area contributed by atoms with E-state index >= 15 is 0 Å². The number of nitrogens with two attached hydrogens (primary N) is 1. The Bertz CT molecular complexity index is 674. The maximum absolute atomic E-state index is 11.8. The van der Waals surface area contributed by atoms with Gasteiger partial charge in [0.25, 0.3) is 5.91 Å². The molecular formula is C20H33N5O3. The summed E-state index contributed by atoms with van der Waals surface area (Å²) in [5.41, 5.74) is 5.08. The molecule has 2 aliphatic carbocycles. The third kappa shape index (κ3) is 5.54. The molecule has 2 saturated carbocycles. The molecule has 8 heteroatoms. The summed E-state index contributed by atoms with van der Waals surface area (Å²) >= 11 is 0. The highest BCUT2D eigenvalue weighted by atomic mass is 16.5. The topological polar surface area (TPSA) is 122 Å². The van der Waals surface area contributed by atoms with Gasteiger partial charge in [-0.3, -0.25) is 4.79 Å². The molecule has 0 saturated heterocycles. The van der Waals surface area contributed by atoms with Crippen LogP contribution in [0.5, 0.6) is 0 Å². The number of nitrogens with zero attached hydrogens (tertiary/aromatic N) is 2. The lowest BCUT2D eigenvalue weighted by atomic mass is 9.83. The van der Waals surface area contributed by atoms with Gasteiger partial charge in [-0.1, -0.05) is 0 Å². The van der Waals surface area contributed by atoms with Crippen LogP contribution in [0.2, 0.25) is 0 Å². The Kier molecular flexibility index (Phi) is 6.72. The Morgan fingerprint density at radius 2 is 2.04 bits per heavy atom. The van der Waals surface area contributed by atoms with Gasteiger partial charge in [-0.2, -0.15) is 4.98 Å². The number of aliphatic hydroxyl groups is 1. The number of primary amides is 1. The second-order valence-electron chi connectivity index (χ2n) is 8.33. The minimum absolute atomic E-state index is 0.0474. The molecule has 2 aliphatic rings. The summed E-state index contributed by atoms with van der Waals surface area (Å²) in [5, 5.41) is 17.0. The van der Waals surface area contributed by atoms with Crippen LogP contribution < -0.4 is 16.4 Å². The minimum Gasteiger partial charge on any atom is -0.390 e. The van der Waals surface area contributed by atoms with Crippen molar-refractivity contribution in [3.63, 3.8) is 0 Å². The quantitative estimate of drug-likeness (QED) is 0.563. The van der Waals surface area contributed by atoms with E-state index in [-0.39, 0.29) is 11.6 Å². The standard InChI is InChI=1S/C20H33N5O3/c1-3-28-15-8-6-13(7-9-15)24-19-22-12-16(17(21)26)18(25-19)23-14-5-4-10-20(2,27)11-14/h12-15,27H,3-11H2,1-2H3,(H2,21,26)(H2,22,23,24,25)/t13-,14?,15-,20-/m0/s1. The van der Waals surface area contributed by atoms with E-state index in [2.05, 4.69) is 20.6 Å². The Hall–Kier alpha value is -1.93. The molecule has 2 fully saturated rings. The Morgan fingerprint density at radius 3 is 2.68 bits per heavy atom. The lowest BCUT2D eigenvalue weighted by molar-refractivity contribution is 0.0182. The molecule has 1 heterocycles. The average Bonchev–Trinajstić information content (AvgIpc) is 2.63. The van der Waals surface area contributed by atoms with E-state index < -0.39 is 11.5 Å². The molecule has 2 atom stereocenters. The number of anilines is 2. The van der Waals surface area contributed by atoms with Crippen LogP contribution in [0.15, 0.2) is 6.20 Å². The number of carbonyl (C=O) groups is 1. The maximum atomic E-state index is 11.8. The number of ether oxygens (including phenoxy) is 1. The molecule has 0 bridgehead atoms. The smallest absolute Gasteiger partial charge is 0.254 e. The zero-order chi connectivity index (χ0) is 20.1. The molecule has 0 spiro atoms. The molecule has 1 amide bonds.